The molecule has 10 rings (SSSR count). The molecule has 5 heterocycles. The summed E-state index contributed by atoms with van der Waals surface area (Å²) in [6.45, 7) is 0.757. The Hall–Kier alpha value is -6.98. The Kier molecular flexibility index (Phi) is 7.14. The zero-order valence-electron chi connectivity index (χ0n) is 28.2. The van der Waals surface area contributed by atoms with E-state index >= 15 is 0 Å². The Labute approximate surface area is 300 Å². The van der Waals surface area contributed by atoms with E-state index in [1.54, 1.807) is 0 Å². The van der Waals surface area contributed by atoms with Gasteiger partial charge in [0.15, 0.2) is 0 Å². The Bertz CT molecular complexity index is 2810. The summed E-state index contributed by atoms with van der Waals surface area (Å²) < 4.78 is 9.30. The number of dihydropyridines is 1. The van der Waals surface area contributed by atoms with Crippen molar-refractivity contribution in [2.45, 2.75) is 0 Å². The lowest BCUT2D eigenvalue weighted by Crippen LogP contribution is -2.09. The molecule has 0 unspecified atom stereocenters. The number of allylic oxidation sites excluding steroid dienone is 2. The Morgan fingerprint density at radius 1 is 0.577 bits per heavy atom. The highest BCUT2D eigenvalue weighted by Gasteiger charge is 2.24. The summed E-state index contributed by atoms with van der Waals surface area (Å²) in [7, 11) is 0. The molecule has 52 heavy (non-hydrogen) atoms. The fourth-order valence-electron chi connectivity index (χ4n) is 7.53. The van der Waals surface area contributed by atoms with Gasteiger partial charge in [-0.1, -0.05) is 109 Å². The third-order valence-electron chi connectivity index (χ3n) is 9.98. The number of nitrogens with zero attached hydrogens (tertiary/aromatic N) is 3. The largest absolute Gasteiger partial charge is 0.455 e. The highest BCUT2D eigenvalue weighted by Crippen LogP contribution is 2.46. The minimum Gasteiger partial charge on any atom is -0.455 e. The highest BCUT2D eigenvalue weighted by atomic mass is 16.3. The van der Waals surface area contributed by atoms with Gasteiger partial charge in [-0.05, 0) is 88.1 Å². The highest BCUT2D eigenvalue weighted by molar-refractivity contribution is 6.22. The number of hydrogen-bond acceptors (Lipinski definition) is 4. The normalized spacial score (nSPS) is 12.7. The van der Waals surface area contributed by atoms with Crippen molar-refractivity contribution in [3.8, 4) is 50.5 Å². The number of hydrogen-bond donors (Lipinski definition) is 1. The molecular weight excluding hydrogens is 637 g/mol. The molecule has 1 N–H and O–H groups in total. The monoisotopic (exact) mass is 668 g/mol. The Morgan fingerprint density at radius 3 is 2.02 bits per heavy atom. The molecule has 9 aromatic rings. The summed E-state index contributed by atoms with van der Waals surface area (Å²) >= 11 is 0. The number of para-hydroxylation sites is 1. The first-order valence-electron chi connectivity index (χ1n) is 17.5. The van der Waals surface area contributed by atoms with Crippen LogP contribution >= 0.6 is 0 Å². The van der Waals surface area contributed by atoms with Crippen molar-refractivity contribution in [3.63, 3.8) is 0 Å². The molecule has 0 bridgehead atoms. The van der Waals surface area contributed by atoms with Crippen LogP contribution in [0.4, 0.5) is 0 Å². The fourth-order valence-corrected chi connectivity index (χ4v) is 7.53. The molecule has 0 saturated heterocycles. The van der Waals surface area contributed by atoms with Crippen molar-refractivity contribution in [2.24, 2.45) is 0 Å². The number of pyridine rings is 2. The lowest BCUT2D eigenvalue weighted by Gasteiger charge is -2.15. The number of aromatic nitrogens is 3. The zero-order valence-corrected chi connectivity index (χ0v) is 28.2. The Morgan fingerprint density at radius 2 is 1.27 bits per heavy atom. The summed E-state index contributed by atoms with van der Waals surface area (Å²) in [6.07, 6.45) is 9.95. The van der Waals surface area contributed by atoms with Crippen molar-refractivity contribution >= 4 is 38.3 Å². The zero-order chi connectivity index (χ0) is 34.4. The van der Waals surface area contributed by atoms with E-state index in [1.165, 1.54) is 0 Å². The van der Waals surface area contributed by atoms with Crippen LogP contribution in [0.5, 0.6) is 0 Å². The van der Waals surface area contributed by atoms with Crippen LogP contribution in [-0.2, 0) is 0 Å². The molecule has 246 valence electrons. The number of benzene rings is 5. The third kappa shape index (κ3) is 5.02. The molecule has 5 aromatic carbocycles. The second-order valence-corrected chi connectivity index (χ2v) is 13.0. The van der Waals surface area contributed by atoms with Gasteiger partial charge in [0.25, 0.3) is 0 Å². The van der Waals surface area contributed by atoms with Gasteiger partial charge in [-0.15, -0.1) is 0 Å². The van der Waals surface area contributed by atoms with Crippen molar-refractivity contribution in [3.05, 3.63) is 182 Å². The van der Waals surface area contributed by atoms with E-state index < -0.39 is 0 Å². The van der Waals surface area contributed by atoms with Gasteiger partial charge >= 0.3 is 0 Å². The maximum absolute atomic E-state index is 7.01. The van der Waals surface area contributed by atoms with Crippen molar-refractivity contribution in [1.82, 2.24) is 19.9 Å². The van der Waals surface area contributed by atoms with Gasteiger partial charge in [0, 0.05) is 40.8 Å². The van der Waals surface area contributed by atoms with Gasteiger partial charge in [-0.2, -0.15) is 0 Å². The Balaban J connectivity index is 1.22. The predicted octanol–water partition coefficient (Wildman–Crippen LogP) is 11.5. The summed E-state index contributed by atoms with van der Waals surface area (Å²) in [5.41, 5.74) is 12.8. The third-order valence-corrected chi connectivity index (χ3v) is 9.98. The molecule has 0 fully saturated rings. The molecule has 1 aliphatic heterocycles. The molecule has 0 radical (unpaired) electrons. The van der Waals surface area contributed by atoms with Gasteiger partial charge in [0.05, 0.1) is 22.1 Å². The van der Waals surface area contributed by atoms with E-state index in [2.05, 4.69) is 154 Å². The molecule has 0 aliphatic carbocycles. The quantitative estimate of drug-likeness (QED) is 0.192. The minimum atomic E-state index is 0.757. The number of furan rings is 1. The van der Waals surface area contributed by atoms with Crippen LogP contribution < -0.4 is 5.32 Å². The fraction of sp³-hybridized carbons (Fsp3) is 0.0213. The number of nitrogens with one attached hydrogen (secondary N) is 1. The molecule has 1 aliphatic rings. The van der Waals surface area contributed by atoms with E-state index in [1.807, 2.05) is 36.8 Å². The van der Waals surface area contributed by atoms with Crippen LogP contribution in [-0.4, -0.2) is 21.1 Å². The van der Waals surface area contributed by atoms with Gasteiger partial charge in [0.1, 0.15) is 17.2 Å². The maximum atomic E-state index is 7.01. The first kappa shape index (κ1) is 29.9. The summed E-state index contributed by atoms with van der Waals surface area (Å²) in [6, 6.07) is 51.2. The van der Waals surface area contributed by atoms with E-state index in [9.17, 15) is 0 Å². The molecule has 5 nitrogen and oxygen atoms in total. The first-order valence-corrected chi connectivity index (χ1v) is 17.5. The molecular formula is C47H32N4O. The van der Waals surface area contributed by atoms with Crippen LogP contribution in [0.15, 0.2) is 181 Å². The van der Waals surface area contributed by atoms with Gasteiger partial charge in [-0.3, -0.25) is 9.55 Å². The average molecular weight is 669 g/mol. The summed E-state index contributed by atoms with van der Waals surface area (Å²) in [5, 5.41) is 6.56. The first-order chi connectivity index (χ1) is 25.8. The standard InChI is InChI=1S/C47H32N4O/c1-3-9-35(10-4-1)44-39-19-20-42-45(47(39)52-46(44)36-11-5-2-6-12-36)38-13-7-8-14-41(38)51(42)43-30-37(29-40(50-43)34-23-27-49-28-24-34)32-17-15-31(16-18-32)33-21-25-48-26-22-33/h1-27,29-30,49H,28H2. The van der Waals surface area contributed by atoms with E-state index in [4.69, 9.17) is 9.40 Å². The molecule has 0 spiro atoms. The van der Waals surface area contributed by atoms with E-state index in [-0.39, 0.29) is 0 Å². The molecule has 5 heteroatoms. The van der Waals surface area contributed by atoms with Gasteiger partial charge in [-0.25, -0.2) is 4.98 Å². The average Bonchev–Trinajstić information content (AvgIpc) is 3.79. The van der Waals surface area contributed by atoms with Crippen molar-refractivity contribution < 1.29 is 4.42 Å². The van der Waals surface area contributed by atoms with Crippen molar-refractivity contribution in [1.29, 1.82) is 0 Å². The minimum absolute atomic E-state index is 0.757. The van der Waals surface area contributed by atoms with E-state index in [0.29, 0.717) is 0 Å². The topological polar surface area (TPSA) is 55.9 Å². The lowest BCUT2D eigenvalue weighted by atomic mass is 9.98. The smallest absolute Gasteiger partial charge is 0.145 e. The molecule has 0 atom stereocenters. The van der Waals surface area contributed by atoms with Crippen LogP contribution in [0.25, 0.3) is 88.9 Å². The summed E-state index contributed by atoms with van der Waals surface area (Å²) in [4.78, 5) is 9.55. The second-order valence-electron chi connectivity index (χ2n) is 13.0. The maximum Gasteiger partial charge on any atom is 0.145 e. The lowest BCUT2D eigenvalue weighted by molar-refractivity contribution is 0.636. The SMILES string of the molecule is C1=CC(c2cc(-c3ccc(-c4ccncc4)cc3)cc(-n3c4ccccc4c4c5oc(-c6ccccc6)c(-c6ccccc6)c5ccc43)n2)=CCN1. The van der Waals surface area contributed by atoms with Crippen molar-refractivity contribution in [2.75, 3.05) is 6.54 Å². The van der Waals surface area contributed by atoms with Crippen LogP contribution in [0.3, 0.4) is 0 Å². The summed E-state index contributed by atoms with van der Waals surface area (Å²) in [5.74, 6) is 1.72. The second kappa shape index (κ2) is 12.4. The van der Waals surface area contributed by atoms with E-state index in [0.717, 1.165) is 101 Å². The number of fused-ring (bicyclic) bond motifs is 5. The van der Waals surface area contributed by atoms with Crippen LogP contribution in [0.2, 0.25) is 0 Å². The van der Waals surface area contributed by atoms with Crippen LogP contribution in [0, 0.1) is 0 Å². The number of rotatable bonds is 6. The van der Waals surface area contributed by atoms with Gasteiger partial charge < -0.3 is 9.73 Å². The van der Waals surface area contributed by atoms with Crippen LogP contribution in [0.1, 0.15) is 5.69 Å². The predicted molar refractivity (Wildman–Crippen MR) is 213 cm³/mol. The van der Waals surface area contributed by atoms with Gasteiger partial charge in [0.2, 0.25) is 0 Å². The molecule has 0 saturated carbocycles. The molecule has 4 aromatic heterocycles. The molecule has 0 amide bonds.